The topological polar surface area (TPSA) is 41.1 Å². The number of anilines is 1. The Morgan fingerprint density at radius 2 is 2.00 bits per heavy atom. The van der Waals surface area contributed by atoms with E-state index < -0.39 is 5.41 Å². The molecule has 17 heavy (non-hydrogen) atoms. The zero-order valence-corrected chi connectivity index (χ0v) is 9.55. The minimum atomic E-state index is -0.402. The van der Waals surface area contributed by atoms with E-state index in [0.717, 1.165) is 25.9 Å². The molecule has 2 aliphatic heterocycles. The highest BCUT2D eigenvalue weighted by molar-refractivity contribution is 5.98. The maximum Gasteiger partial charge on any atom is 0.231 e. The molecule has 4 heteroatoms. The van der Waals surface area contributed by atoms with Crippen LogP contribution in [0.3, 0.4) is 0 Å². The van der Waals surface area contributed by atoms with Gasteiger partial charge in [0.15, 0.2) is 0 Å². The fourth-order valence-electron chi connectivity index (χ4n) is 2.84. The monoisotopic (exact) mass is 234 g/mol. The van der Waals surface area contributed by atoms with E-state index in [0.29, 0.717) is 17.7 Å². The van der Waals surface area contributed by atoms with Crippen LogP contribution in [0, 0.1) is 11.2 Å². The van der Waals surface area contributed by atoms with Crippen molar-refractivity contribution in [3.8, 4) is 0 Å². The third-order valence-electron chi connectivity index (χ3n) is 3.92. The van der Waals surface area contributed by atoms with Crippen LogP contribution in [0.15, 0.2) is 18.2 Å². The number of halogens is 1. The number of benzene rings is 1. The van der Waals surface area contributed by atoms with Gasteiger partial charge in [-0.05, 0) is 44.5 Å². The zero-order chi connectivity index (χ0) is 11.9. The molecule has 0 radical (unpaired) electrons. The van der Waals surface area contributed by atoms with Crippen LogP contribution in [-0.2, 0) is 11.2 Å². The number of fused-ring (bicyclic) bond motifs is 1. The Morgan fingerprint density at radius 3 is 2.76 bits per heavy atom. The van der Waals surface area contributed by atoms with Crippen molar-refractivity contribution in [1.82, 2.24) is 5.32 Å². The Hall–Kier alpha value is -1.42. The Balaban J connectivity index is 2.01. The first-order valence-corrected chi connectivity index (χ1v) is 6.01. The van der Waals surface area contributed by atoms with Crippen molar-refractivity contribution in [1.29, 1.82) is 0 Å². The summed E-state index contributed by atoms with van der Waals surface area (Å²) in [5.41, 5.74) is 0.897. The first kappa shape index (κ1) is 10.7. The van der Waals surface area contributed by atoms with E-state index >= 15 is 0 Å². The first-order valence-electron chi connectivity index (χ1n) is 6.01. The highest BCUT2D eigenvalue weighted by Crippen LogP contribution is 2.40. The predicted octanol–water partition coefficient (Wildman–Crippen LogP) is 1.69. The highest BCUT2D eigenvalue weighted by Gasteiger charge is 2.43. The second-order valence-corrected chi connectivity index (χ2v) is 4.93. The number of nitrogens with one attached hydrogen (secondary N) is 2. The van der Waals surface area contributed by atoms with Gasteiger partial charge in [-0.2, -0.15) is 0 Å². The number of hydrogen-bond donors (Lipinski definition) is 2. The minimum absolute atomic E-state index is 0.0529. The van der Waals surface area contributed by atoms with Crippen LogP contribution in [-0.4, -0.2) is 19.0 Å². The summed E-state index contributed by atoms with van der Waals surface area (Å²) < 4.78 is 13.8. The SMILES string of the molecule is O=C1Nc2cccc(F)c2CC12CCNCC2. The Labute approximate surface area is 99.4 Å². The summed E-state index contributed by atoms with van der Waals surface area (Å²) in [7, 11) is 0. The number of rotatable bonds is 0. The van der Waals surface area contributed by atoms with Crippen molar-refractivity contribution in [2.75, 3.05) is 18.4 Å². The van der Waals surface area contributed by atoms with Gasteiger partial charge in [-0.25, -0.2) is 4.39 Å². The zero-order valence-electron chi connectivity index (χ0n) is 9.55. The number of carbonyl (C=O) groups excluding carboxylic acids is 1. The van der Waals surface area contributed by atoms with E-state index in [1.54, 1.807) is 12.1 Å². The molecule has 1 amide bonds. The van der Waals surface area contributed by atoms with Crippen LogP contribution < -0.4 is 10.6 Å². The van der Waals surface area contributed by atoms with Crippen molar-refractivity contribution in [3.05, 3.63) is 29.6 Å². The van der Waals surface area contributed by atoms with Gasteiger partial charge in [0, 0.05) is 11.3 Å². The number of hydrogen-bond acceptors (Lipinski definition) is 2. The third kappa shape index (κ3) is 1.63. The highest BCUT2D eigenvalue weighted by atomic mass is 19.1. The van der Waals surface area contributed by atoms with E-state index in [1.165, 1.54) is 6.07 Å². The van der Waals surface area contributed by atoms with Gasteiger partial charge in [0.2, 0.25) is 5.91 Å². The largest absolute Gasteiger partial charge is 0.325 e. The van der Waals surface area contributed by atoms with Crippen LogP contribution in [0.5, 0.6) is 0 Å². The van der Waals surface area contributed by atoms with Gasteiger partial charge >= 0.3 is 0 Å². The Morgan fingerprint density at radius 1 is 1.24 bits per heavy atom. The van der Waals surface area contributed by atoms with E-state index in [-0.39, 0.29) is 11.7 Å². The average Bonchev–Trinajstić information content (AvgIpc) is 2.34. The lowest BCUT2D eigenvalue weighted by Crippen LogP contribution is -2.48. The molecular formula is C13H15FN2O. The van der Waals surface area contributed by atoms with Crippen LogP contribution in [0.4, 0.5) is 10.1 Å². The molecule has 3 nitrogen and oxygen atoms in total. The number of carbonyl (C=O) groups is 1. The minimum Gasteiger partial charge on any atom is -0.325 e. The fraction of sp³-hybridized carbons (Fsp3) is 0.462. The lowest BCUT2D eigenvalue weighted by Gasteiger charge is -2.40. The van der Waals surface area contributed by atoms with Gasteiger partial charge in [-0.15, -0.1) is 0 Å². The second kappa shape index (κ2) is 3.81. The average molecular weight is 234 g/mol. The first-order chi connectivity index (χ1) is 8.21. The molecule has 1 spiro atoms. The van der Waals surface area contributed by atoms with E-state index in [4.69, 9.17) is 0 Å². The maximum atomic E-state index is 13.8. The second-order valence-electron chi connectivity index (χ2n) is 4.93. The van der Waals surface area contributed by atoms with Gasteiger partial charge in [-0.3, -0.25) is 4.79 Å². The molecule has 2 N–H and O–H groups in total. The molecule has 1 aromatic rings. The van der Waals surface area contributed by atoms with Gasteiger partial charge in [-0.1, -0.05) is 6.07 Å². The van der Waals surface area contributed by atoms with Gasteiger partial charge in [0.05, 0.1) is 5.41 Å². The molecule has 1 saturated heterocycles. The molecule has 2 heterocycles. The quantitative estimate of drug-likeness (QED) is 0.717. The van der Waals surface area contributed by atoms with E-state index in [2.05, 4.69) is 10.6 Å². The van der Waals surface area contributed by atoms with Crippen molar-refractivity contribution >= 4 is 11.6 Å². The van der Waals surface area contributed by atoms with Crippen LogP contribution in [0.2, 0.25) is 0 Å². The number of piperidine rings is 1. The van der Waals surface area contributed by atoms with E-state index in [1.807, 2.05) is 0 Å². The lowest BCUT2D eigenvalue weighted by molar-refractivity contribution is -0.127. The normalized spacial score (nSPS) is 22.1. The summed E-state index contributed by atoms with van der Waals surface area (Å²) >= 11 is 0. The number of amides is 1. The van der Waals surface area contributed by atoms with Crippen molar-refractivity contribution in [2.45, 2.75) is 19.3 Å². The molecule has 1 aromatic carbocycles. The van der Waals surface area contributed by atoms with Crippen molar-refractivity contribution < 1.29 is 9.18 Å². The summed E-state index contributed by atoms with van der Waals surface area (Å²) in [5.74, 6) is -0.155. The lowest BCUT2D eigenvalue weighted by atomic mass is 9.71. The Kier molecular flexibility index (Phi) is 2.40. The third-order valence-corrected chi connectivity index (χ3v) is 3.92. The summed E-state index contributed by atoms with van der Waals surface area (Å²) in [6.07, 6.45) is 2.10. The summed E-state index contributed by atoms with van der Waals surface area (Å²) in [4.78, 5) is 12.2. The van der Waals surface area contributed by atoms with Gasteiger partial charge in [0.25, 0.3) is 0 Å². The molecule has 3 rings (SSSR count). The molecule has 0 aliphatic carbocycles. The maximum absolute atomic E-state index is 13.8. The predicted molar refractivity (Wildman–Crippen MR) is 63.3 cm³/mol. The summed E-state index contributed by atoms with van der Waals surface area (Å²) in [5, 5.41) is 6.10. The Bertz CT molecular complexity index is 466. The smallest absolute Gasteiger partial charge is 0.231 e. The fourth-order valence-corrected chi connectivity index (χ4v) is 2.84. The molecule has 1 fully saturated rings. The standard InChI is InChI=1S/C13H15FN2O/c14-10-2-1-3-11-9(10)8-13(12(17)16-11)4-6-15-7-5-13/h1-3,15H,4-8H2,(H,16,17). The van der Waals surface area contributed by atoms with E-state index in [9.17, 15) is 9.18 Å². The molecule has 0 atom stereocenters. The molecule has 2 aliphatic rings. The summed E-state index contributed by atoms with van der Waals surface area (Å²) in [6.45, 7) is 1.66. The molecular weight excluding hydrogens is 219 g/mol. The molecule has 90 valence electrons. The van der Waals surface area contributed by atoms with Crippen LogP contribution >= 0.6 is 0 Å². The molecule has 0 unspecified atom stereocenters. The van der Waals surface area contributed by atoms with Crippen LogP contribution in [0.25, 0.3) is 0 Å². The molecule has 0 aromatic heterocycles. The van der Waals surface area contributed by atoms with Crippen molar-refractivity contribution in [2.24, 2.45) is 5.41 Å². The van der Waals surface area contributed by atoms with Crippen molar-refractivity contribution in [3.63, 3.8) is 0 Å². The summed E-state index contributed by atoms with van der Waals surface area (Å²) in [6, 6.07) is 4.87. The molecule has 0 bridgehead atoms. The van der Waals surface area contributed by atoms with Crippen LogP contribution in [0.1, 0.15) is 18.4 Å². The van der Waals surface area contributed by atoms with Gasteiger partial charge in [0.1, 0.15) is 5.82 Å². The molecule has 0 saturated carbocycles. The van der Waals surface area contributed by atoms with Gasteiger partial charge < -0.3 is 10.6 Å².